The number of nitrogens with one attached hydrogen (secondary N) is 1. The molecule has 7 heteroatoms. The van der Waals surface area contributed by atoms with Gasteiger partial charge in [0.1, 0.15) is 11.6 Å². The van der Waals surface area contributed by atoms with Crippen molar-refractivity contribution in [3.8, 4) is 0 Å². The van der Waals surface area contributed by atoms with Crippen LogP contribution in [0.5, 0.6) is 0 Å². The molecule has 0 atom stereocenters. The van der Waals surface area contributed by atoms with E-state index in [-0.39, 0.29) is 23.8 Å². The van der Waals surface area contributed by atoms with Gasteiger partial charge < -0.3 is 10.2 Å². The van der Waals surface area contributed by atoms with Gasteiger partial charge in [-0.25, -0.2) is 8.78 Å². The number of carbonyl (C=O) groups is 2. The van der Waals surface area contributed by atoms with Crippen LogP contribution in [-0.2, 0) is 11.3 Å². The van der Waals surface area contributed by atoms with Crippen LogP contribution in [-0.4, -0.2) is 54.3 Å². The molecule has 1 aliphatic rings. The number of halogens is 2. The van der Waals surface area contributed by atoms with E-state index in [4.69, 9.17) is 0 Å². The van der Waals surface area contributed by atoms with E-state index in [1.807, 2.05) is 0 Å². The second-order valence-corrected chi connectivity index (χ2v) is 6.83. The summed E-state index contributed by atoms with van der Waals surface area (Å²) in [5, 5.41) is 2.55. The van der Waals surface area contributed by atoms with Crippen LogP contribution < -0.4 is 5.32 Å². The van der Waals surface area contributed by atoms with Gasteiger partial charge in [-0.05, 0) is 42.3 Å². The molecule has 0 aliphatic carbocycles. The van der Waals surface area contributed by atoms with Gasteiger partial charge in [0.2, 0.25) is 5.91 Å². The molecule has 0 unspecified atom stereocenters. The van der Waals surface area contributed by atoms with Gasteiger partial charge in [0, 0.05) is 38.3 Å². The molecule has 1 fully saturated rings. The molecule has 0 radical (unpaired) electrons. The molecule has 1 saturated heterocycles. The van der Waals surface area contributed by atoms with E-state index in [0.29, 0.717) is 26.2 Å². The minimum atomic E-state index is -0.493. The number of hydrogen-bond donors (Lipinski definition) is 1. The Balaban J connectivity index is 1.47. The van der Waals surface area contributed by atoms with Crippen molar-refractivity contribution in [2.75, 3.05) is 32.7 Å². The van der Waals surface area contributed by atoms with Gasteiger partial charge in [-0.1, -0.05) is 18.2 Å². The maximum atomic E-state index is 13.2. The van der Waals surface area contributed by atoms with Crippen LogP contribution in [0.3, 0.4) is 0 Å². The zero-order valence-corrected chi connectivity index (χ0v) is 15.5. The summed E-state index contributed by atoms with van der Waals surface area (Å²) in [4.78, 5) is 28.4. The third kappa shape index (κ3) is 5.60. The molecule has 2 amide bonds. The quantitative estimate of drug-likeness (QED) is 0.857. The molecule has 0 aromatic heterocycles. The smallest absolute Gasteiger partial charge is 0.251 e. The Bertz CT molecular complexity index is 827. The van der Waals surface area contributed by atoms with Crippen LogP contribution in [0.15, 0.2) is 48.5 Å². The van der Waals surface area contributed by atoms with E-state index in [9.17, 15) is 18.4 Å². The lowest BCUT2D eigenvalue weighted by atomic mass is 10.2. The van der Waals surface area contributed by atoms with Crippen LogP contribution in [0.1, 0.15) is 22.3 Å². The van der Waals surface area contributed by atoms with Crippen molar-refractivity contribution >= 4 is 11.8 Å². The monoisotopic (exact) mass is 387 g/mol. The Kier molecular flexibility index (Phi) is 6.71. The van der Waals surface area contributed by atoms with Crippen molar-refractivity contribution in [3.63, 3.8) is 0 Å². The predicted octanol–water partition coefficient (Wildman–Crippen LogP) is 2.43. The van der Waals surface area contributed by atoms with Gasteiger partial charge in [0.05, 0.1) is 6.54 Å². The lowest BCUT2D eigenvalue weighted by Crippen LogP contribution is -2.42. The molecule has 2 aromatic rings. The van der Waals surface area contributed by atoms with Gasteiger partial charge in [-0.3, -0.25) is 14.5 Å². The fourth-order valence-electron chi connectivity index (χ4n) is 3.23. The molecule has 148 valence electrons. The van der Waals surface area contributed by atoms with E-state index in [2.05, 4.69) is 10.2 Å². The van der Waals surface area contributed by atoms with E-state index < -0.39 is 11.7 Å². The number of nitrogens with zero attached hydrogens (tertiary/aromatic N) is 2. The molecular formula is C21H23F2N3O2. The minimum Gasteiger partial charge on any atom is -0.343 e. The third-order valence-corrected chi connectivity index (χ3v) is 4.75. The topological polar surface area (TPSA) is 52.7 Å². The van der Waals surface area contributed by atoms with Crippen molar-refractivity contribution < 1.29 is 18.4 Å². The first-order valence-electron chi connectivity index (χ1n) is 9.29. The molecule has 0 spiro atoms. The standard InChI is InChI=1S/C21H23F2N3O2/c22-18-7-5-16(6-8-18)15-25-9-2-10-26(12-11-25)20(27)14-24-21(28)17-3-1-4-19(23)13-17/h1,3-8,13H,2,9-12,14-15H2,(H,24,28). The summed E-state index contributed by atoms with van der Waals surface area (Å²) in [7, 11) is 0. The summed E-state index contributed by atoms with van der Waals surface area (Å²) in [6.07, 6.45) is 0.824. The van der Waals surface area contributed by atoms with Crippen LogP contribution in [0, 0.1) is 11.6 Å². The second kappa shape index (κ2) is 9.41. The zero-order chi connectivity index (χ0) is 19.9. The maximum absolute atomic E-state index is 13.2. The lowest BCUT2D eigenvalue weighted by Gasteiger charge is -2.22. The first-order valence-corrected chi connectivity index (χ1v) is 9.29. The Hall–Kier alpha value is -2.80. The summed E-state index contributed by atoms with van der Waals surface area (Å²) in [5.74, 6) is -1.38. The number of amides is 2. The summed E-state index contributed by atoms with van der Waals surface area (Å²) in [6, 6.07) is 11.8. The van der Waals surface area contributed by atoms with Gasteiger partial charge in [-0.15, -0.1) is 0 Å². The summed E-state index contributed by atoms with van der Waals surface area (Å²) in [6.45, 7) is 3.33. The first-order chi connectivity index (χ1) is 13.5. The van der Waals surface area contributed by atoms with Crippen molar-refractivity contribution in [3.05, 3.63) is 71.3 Å². The molecule has 0 saturated carbocycles. The fourth-order valence-corrected chi connectivity index (χ4v) is 3.23. The molecule has 0 bridgehead atoms. The molecule has 1 N–H and O–H groups in total. The third-order valence-electron chi connectivity index (χ3n) is 4.75. The normalized spacial score (nSPS) is 15.1. The minimum absolute atomic E-state index is 0.118. The average molecular weight is 387 g/mol. The fraction of sp³-hybridized carbons (Fsp3) is 0.333. The van der Waals surface area contributed by atoms with E-state index in [1.165, 1.54) is 30.3 Å². The molecule has 1 aliphatic heterocycles. The summed E-state index contributed by atoms with van der Waals surface area (Å²) < 4.78 is 26.2. The molecule has 2 aromatic carbocycles. The van der Waals surface area contributed by atoms with Crippen LogP contribution in [0.2, 0.25) is 0 Å². The number of rotatable bonds is 5. The zero-order valence-electron chi connectivity index (χ0n) is 15.5. The average Bonchev–Trinajstić information content (AvgIpc) is 2.93. The Morgan fingerprint density at radius 2 is 1.71 bits per heavy atom. The number of benzene rings is 2. The summed E-state index contributed by atoms with van der Waals surface area (Å²) in [5.41, 5.74) is 1.22. The van der Waals surface area contributed by atoms with Gasteiger partial charge in [0.15, 0.2) is 0 Å². The summed E-state index contributed by atoms with van der Waals surface area (Å²) >= 11 is 0. The Morgan fingerprint density at radius 3 is 2.46 bits per heavy atom. The Morgan fingerprint density at radius 1 is 0.929 bits per heavy atom. The van der Waals surface area contributed by atoms with E-state index in [1.54, 1.807) is 17.0 Å². The second-order valence-electron chi connectivity index (χ2n) is 6.83. The van der Waals surface area contributed by atoms with E-state index >= 15 is 0 Å². The first kappa shape index (κ1) is 19.9. The highest BCUT2D eigenvalue weighted by Crippen LogP contribution is 2.10. The SMILES string of the molecule is O=C(NCC(=O)N1CCCN(Cc2ccc(F)cc2)CC1)c1cccc(F)c1. The van der Waals surface area contributed by atoms with Gasteiger partial charge in [-0.2, -0.15) is 0 Å². The highest BCUT2D eigenvalue weighted by molar-refractivity contribution is 5.96. The lowest BCUT2D eigenvalue weighted by molar-refractivity contribution is -0.130. The van der Waals surface area contributed by atoms with Crippen molar-refractivity contribution in [2.45, 2.75) is 13.0 Å². The number of carbonyl (C=O) groups excluding carboxylic acids is 2. The van der Waals surface area contributed by atoms with Crippen molar-refractivity contribution in [1.82, 2.24) is 15.1 Å². The molecule has 28 heavy (non-hydrogen) atoms. The predicted molar refractivity (Wildman–Crippen MR) is 102 cm³/mol. The van der Waals surface area contributed by atoms with E-state index in [0.717, 1.165) is 24.6 Å². The highest BCUT2D eigenvalue weighted by Gasteiger charge is 2.20. The van der Waals surface area contributed by atoms with Crippen molar-refractivity contribution in [2.24, 2.45) is 0 Å². The number of hydrogen-bond acceptors (Lipinski definition) is 3. The maximum Gasteiger partial charge on any atom is 0.251 e. The van der Waals surface area contributed by atoms with Gasteiger partial charge in [0.25, 0.3) is 5.91 Å². The van der Waals surface area contributed by atoms with Crippen LogP contribution in [0.25, 0.3) is 0 Å². The Labute approximate surface area is 162 Å². The molecule has 3 rings (SSSR count). The molecule has 5 nitrogen and oxygen atoms in total. The highest BCUT2D eigenvalue weighted by atomic mass is 19.1. The van der Waals surface area contributed by atoms with Crippen LogP contribution in [0.4, 0.5) is 8.78 Å². The van der Waals surface area contributed by atoms with Gasteiger partial charge >= 0.3 is 0 Å². The molecular weight excluding hydrogens is 364 g/mol. The van der Waals surface area contributed by atoms with Crippen molar-refractivity contribution in [1.29, 1.82) is 0 Å². The largest absolute Gasteiger partial charge is 0.343 e. The molecule has 1 heterocycles. The van der Waals surface area contributed by atoms with Crippen LogP contribution >= 0.6 is 0 Å².